The molecule has 1 aliphatic rings. The van der Waals surface area contributed by atoms with E-state index in [-0.39, 0.29) is 23.8 Å². The molecule has 0 spiro atoms. The van der Waals surface area contributed by atoms with E-state index >= 15 is 0 Å². The maximum absolute atomic E-state index is 13.2. The number of benzene rings is 2. The minimum absolute atomic E-state index is 0.0107. The number of carbonyl (C=O) groups excluding carboxylic acids is 2. The summed E-state index contributed by atoms with van der Waals surface area (Å²) in [6.45, 7) is 1.73. The van der Waals surface area contributed by atoms with Gasteiger partial charge in [-0.05, 0) is 36.8 Å². The maximum Gasteiger partial charge on any atom is 0.244 e. The highest BCUT2D eigenvalue weighted by Crippen LogP contribution is 2.31. The first kappa shape index (κ1) is 19.1. The smallest absolute Gasteiger partial charge is 0.244 e. The molecular weight excluding hydrogens is 368 g/mol. The number of carbonyl (C=O) groups is 2. The fourth-order valence-corrected chi connectivity index (χ4v) is 4.64. The average molecular weight is 388 g/mol. The molecule has 2 aromatic rings. The molecule has 1 heterocycles. The Kier molecular flexibility index (Phi) is 5.29. The van der Waals surface area contributed by atoms with Crippen molar-refractivity contribution in [3.63, 3.8) is 0 Å². The third kappa shape index (κ3) is 3.72. The Hall–Kier alpha value is -2.71. The van der Waals surface area contributed by atoms with Gasteiger partial charge in [-0.15, -0.1) is 0 Å². The Balaban J connectivity index is 2.04. The number of sulfonamides is 1. The molecule has 0 radical (unpaired) electrons. The number of ketones is 1. The normalized spacial score (nSPS) is 18.0. The van der Waals surface area contributed by atoms with Crippen molar-refractivity contribution < 1.29 is 22.7 Å². The molecular formula is C19H20N2O5S. The highest BCUT2D eigenvalue weighted by Gasteiger charge is 2.39. The van der Waals surface area contributed by atoms with E-state index in [9.17, 15) is 18.0 Å². The summed E-state index contributed by atoms with van der Waals surface area (Å²) in [4.78, 5) is 24.1. The van der Waals surface area contributed by atoms with Crippen LogP contribution in [0.5, 0.6) is 5.75 Å². The van der Waals surface area contributed by atoms with Gasteiger partial charge in [-0.3, -0.25) is 9.59 Å². The number of hydrogen-bond donors (Lipinski definition) is 1. The SMILES string of the molecule is COc1ccc(C2C(=O)NCCN2S(=O)(=O)c2cccc(C(C)=O)c2)cc1. The lowest BCUT2D eigenvalue weighted by atomic mass is 10.0. The maximum atomic E-state index is 13.2. The second kappa shape index (κ2) is 7.50. The molecule has 2 aromatic carbocycles. The van der Waals surface area contributed by atoms with Crippen molar-refractivity contribution in [3.05, 3.63) is 59.7 Å². The van der Waals surface area contributed by atoms with Gasteiger partial charge in [0.15, 0.2) is 5.78 Å². The molecule has 0 aliphatic carbocycles. The number of amides is 1. The Bertz CT molecular complexity index is 970. The molecule has 1 amide bonds. The number of nitrogens with zero attached hydrogens (tertiary/aromatic N) is 1. The molecule has 1 saturated heterocycles. The lowest BCUT2D eigenvalue weighted by Crippen LogP contribution is -2.52. The molecule has 1 aliphatic heterocycles. The topological polar surface area (TPSA) is 92.8 Å². The summed E-state index contributed by atoms with van der Waals surface area (Å²) in [7, 11) is -2.45. The number of methoxy groups -OCH3 is 1. The van der Waals surface area contributed by atoms with E-state index in [4.69, 9.17) is 4.74 Å². The standard InChI is InChI=1S/C19H20N2O5S/c1-13(22)15-4-3-5-17(12-15)27(24,25)21-11-10-20-19(23)18(21)14-6-8-16(26-2)9-7-14/h3-9,12,18H,10-11H2,1-2H3,(H,20,23). The molecule has 0 saturated carbocycles. The van der Waals surface area contributed by atoms with Gasteiger partial charge in [0, 0.05) is 18.7 Å². The van der Waals surface area contributed by atoms with Gasteiger partial charge >= 0.3 is 0 Å². The summed E-state index contributed by atoms with van der Waals surface area (Å²) in [5.74, 6) is -0.00797. The minimum atomic E-state index is -3.97. The summed E-state index contributed by atoms with van der Waals surface area (Å²) in [5.41, 5.74) is 0.845. The van der Waals surface area contributed by atoms with Crippen molar-refractivity contribution in [1.29, 1.82) is 0 Å². The zero-order chi connectivity index (χ0) is 19.6. The van der Waals surface area contributed by atoms with Crippen LogP contribution in [0.2, 0.25) is 0 Å². The van der Waals surface area contributed by atoms with E-state index in [0.29, 0.717) is 16.9 Å². The second-order valence-electron chi connectivity index (χ2n) is 6.17. The molecule has 142 valence electrons. The van der Waals surface area contributed by atoms with Crippen molar-refractivity contribution in [1.82, 2.24) is 9.62 Å². The monoisotopic (exact) mass is 388 g/mol. The number of piperazine rings is 1. The molecule has 27 heavy (non-hydrogen) atoms. The zero-order valence-electron chi connectivity index (χ0n) is 15.0. The van der Waals surface area contributed by atoms with Crippen LogP contribution in [0.1, 0.15) is 28.9 Å². The predicted molar refractivity (Wildman–Crippen MR) is 99.1 cm³/mol. The summed E-state index contributed by atoms with van der Waals surface area (Å²) >= 11 is 0. The van der Waals surface area contributed by atoms with E-state index in [1.165, 1.54) is 36.5 Å². The zero-order valence-corrected chi connectivity index (χ0v) is 15.8. The second-order valence-corrected chi connectivity index (χ2v) is 8.06. The molecule has 8 heteroatoms. The lowest BCUT2D eigenvalue weighted by Gasteiger charge is -2.34. The Morgan fingerprint density at radius 2 is 1.89 bits per heavy atom. The molecule has 1 atom stereocenters. The summed E-state index contributed by atoms with van der Waals surface area (Å²) < 4.78 is 32.7. The number of hydrogen-bond acceptors (Lipinski definition) is 5. The van der Waals surface area contributed by atoms with Crippen LogP contribution in [-0.4, -0.2) is 44.6 Å². The van der Waals surface area contributed by atoms with E-state index < -0.39 is 22.0 Å². The molecule has 1 unspecified atom stereocenters. The van der Waals surface area contributed by atoms with Crippen LogP contribution in [0.25, 0.3) is 0 Å². The van der Waals surface area contributed by atoms with Gasteiger partial charge in [-0.1, -0.05) is 24.3 Å². The van der Waals surface area contributed by atoms with Crippen LogP contribution < -0.4 is 10.1 Å². The van der Waals surface area contributed by atoms with Gasteiger partial charge in [0.1, 0.15) is 11.8 Å². The van der Waals surface area contributed by atoms with E-state index in [1.54, 1.807) is 30.3 Å². The van der Waals surface area contributed by atoms with Gasteiger partial charge in [0.05, 0.1) is 12.0 Å². The van der Waals surface area contributed by atoms with Crippen LogP contribution in [0.4, 0.5) is 0 Å². The van der Waals surface area contributed by atoms with Crippen molar-refractivity contribution in [2.24, 2.45) is 0 Å². The van der Waals surface area contributed by atoms with Crippen LogP contribution in [-0.2, 0) is 14.8 Å². The fourth-order valence-electron chi connectivity index (χ4n) is 3.02. The third-order valence-electron chi connectivity index (χ3n) is 4.45. The highest BCUT2D eigenvalue weighted by atomic mass is 32.2. The van der Waals surface area contributed by atoms with E-state index in [2.05, 4.69) is 5.32 Å². The molecule has 1 fully saturated rings. The number of Topliss-reactive ketones (excluding diaryl/α,β-unsaturated/α-hetero) is 1. The van der Waals surface area contributed by atoms with Gasteiger partial charge in [0.25, 0.3) is 0 Å². The van der Waals surface area contributed by atoms with E-state index in [1.807, 2.05) is 0 Å². The third-order valence-corrected chi connectivity index (χ3v) is 6.31. The first-order valence-corrected chi connectivity index (χ1v) is 9.83. The lowest BCUT2D eigenvalue weighted by molar-refractivity contribution is -0.126. The van der Waals surface area contributed by atoms with Crippen LogP contribution in [0.3, 0.4) is 0 Å². The van der Waals surface area contributed by atoms with Gasteiger partial charge in [-0.25, -0.2) is 8.42 Å². The molecule has 0 aromatic heterocycles. The Morgan fingerprint density at radius 3 is 2.52 bits per heavy atom. The number of nitrogens with one attached hydrogen (secondary N) is 1. The summed E-state index contributed by atoms with van der Waals surface area (Å²) in [6, 6.07) is 11.6. The van der Waals surface area contributed by atoms with Crippen LogP contribution >= 0.6 is 0 Å². The van der Waals surface area contributed by atoms with Crippen molar-refractivity contribution in [2.75, 3.05) is 20.2 Å². The minimum Gasteiger partial charge on any atom is -0.497 e. The van der Waals surface area contributed by atoms with Crippen molar-refractivity contribution >= 4 is 21.7 Å². The van der Waals surface area contributed by atoms with Gasteiger partial charge in [0.2, 0.25) is 15.9 Å². The molecule has 3 rings (SSSR count). The number of rotatable bonds is 5. The van der Waals surface area contributed by atoms with Crippen LogP contribution in [0, 0.1) is 0 Å². The first-order valence-electron chi connectivity index (χ1n) is 8.39. The first-order chi connectivity index (χ1) is 12.8. The molecule has 7 nitrogen and oxygen atoms in total. The molecule has 0 bridgehead atoms. The van der Waals surface area contributed by atoms with Gasteiger partial charge < -0.3 is 10.1 Å². The van der Waals surface area contributed by atoms with Crippen molar-refractivity contribution in [2.45, 2.75) is 17.9 Å². The fraction of sp³-hybridized carbons (Fsp3) is 0.263. The van der Waals surface area contributed by atoms with Gasteiger partial charge in [-0.2, -0.15) is 4.31 Å². The highest BCUT2D eigenvalue weighted by molar-refractivity contribution is 7.89. The predicted octanol–water partition coefficient (Wildman–Crippen LogP) is 1.76. The largest absolute Gasteiger partial charge is 0.497 e. The average Bonchev–Trinajstić information content (AvgIpc) is 2.68. The van der Waals surface area contributed by atoms with E-state index in [0.717, 1.165) is 0 Å². The molecule has 1 N–H and O–H groups in total. The number of ether oxygens (including phenoxy) is 1. The quantitative estimate of drug-likeness (QED) is 0.788. The summed E-state index contributed by atoms with van der Waals surface area (Å²) in [5, 5.41) is 2.71. The summed E-state index contributed by atoms with van der Waals surface area (Å²) in [6.07, 6.45) is 0. The van der Waals surface area contributed by atoms with Crippen molar-refractivity contribution in [3.8, 4) is 5.75 Å². The Labute approximate surface area is 158 Å². The Morgan fingerprint density at radius 1 is 1.19 bits per heavy atom. The van der Waals surface area contributed by atoms with Crippen LogP contribution in [0.15, 0.2) is 53.4 Å².